The standard InChI is InChI=1S/C11H14F3NO/c1-6(15)8(2-3-16)7-4-9(12)11(14)10(13)5-7/h4-6,8,16H,2-3,15H2,1H3. The molecule has 0 saturated heterocycles. The molecule has 1 rings (SSSR count). The van der Waals surface area contributed by atoms with Crippen molar-refractivity contribution in [3.8, 4) is 0 Å². The lowest BCUT2D eigenvalue weighted by atomic mass is 9.90. The average Bonchev–Trinajstić information content (AvgIpc) is 2.21. The van der Waals surface area contributed by atoms with E-state index in [9.17, 15) is 13.2 Å². The molecule has 0 fully saturated rings. The van der Waals surface area contributed by atoms with Gasteiger partial charge in [0.25, 0.3) is 0 Å². The smallest absolute Gasteiger partial charge is 0.194 e. The molecular weight excluding hydrogens is 219 g/mol. The number of aliphatic hydroxyl groups is 1. The third kappa shape index (κ3) is 2.74. The Morgan fingerprint density at radius 3 is 2.12 bits per heavy atom. The van der Waals surface area contributed by atoms with Crippen LogP contribution in [0.25, 0.3) is 0 Å². The van der Waals surface area contributed by atoms with E-state index in [-0.39, 0.29) is 24.6 Å². The van der Waals surface area contributed by atoms with Gasteiger partial charge in [-0.05, 0) is 31.0 Å². The SMILES string of the molecule is CC(N)C(CCO)c1cc(F)c(F)c(F)c1. The van der Waals surface area contributed by atoms with Crippen molar-refractivity contribution in [1.29, 1.82) is 0 Å². The van der Waals surface area contributed by atoms with Gasteiger partial charge in [-0.1, -0.05) is 0 Å². The van der Waals surface area contributed by atoms with E-state index in [0.29, 0.717) is 0 Å². The fourth-order valence-electron chi connectivity index (χ4n) is 1.66. The molecule has 2 atom stereocenters. The first-order valence-electron chi connectivity index (χ1n) is 4.98. The number of rotatable bonds is 4. The van der Waals surface area contributed by atoms with Gasteiger partial charge in [-0.15, -0.1) is 0 Å². The Bertz CT molecular complexity index is 345. The number of halogens is 3. The lowest BCUT2D eigenvalue weighted by Crippen LogP contribution is -2.26. The van der Waals surface area contributed by atoms with E-state index in [1.54, 1.807) is 6.92 Å². The Balaban J connectivity index is 3.10. The van der Waals surface area contributed by atoms with E-state index in [4.69, 9.17) is 10.8 Å². The summed E-state index contributed by atoms with van der Waals surface area (Å²) in [4.78, 5) is 0. The quantitative estimate of drug-likeness (QED) is 0.780. The van der Waals surface area contributed by atoms with Crippen molar-refractivity contribution in [1.82, 2.24) is 0 Å². The minimum atomic E-state index is -1.49. The van der Waals surface area contributed by atoms with Gasteiger partial charge in [-0.25, -0.2) is 13.2 Å². The van der Waals surface area contributed by atoms with E-state index in [0.717, 1.165) is 12.1 Å². The highest BCUT2D eigenvalue weighted by atomic mass is 19.2. The molecule has 0 saturated carbocycles. The van der Waals surface area contributed by atoms with Crippen LogP contribution in [0.1, 0.15) is 24.8 Å². The number of benzene rings is 1. The van der Waals surface area contributed by atoms with Gasteiger partial charge >= 0.3 is 0 Å². The molecule has 0 radical (unpaired) electrons. The number of hydrogen-bond donors (Lipinski definition) is 2. The van der Waals surface area contributed by atoms with Crippen molar-refractivity contribution in [3.05, 3.63) is 35.1 Å². The normalized spacial score (nSPS) is 14.9. The van der Waals surface area contributed by atoms with Crippen LogP contribution in [-0.4, -0.2) is 17.8 Å². The summed E-state index contributed by atoms with van der Waals surface area (Å²) in [5, 5.41) is 8.82. The molecule has 0 aliphatic heterocycles. The molecular formula is C11H14F3NO. The van der Waals surface area contributed by atoms with E-state index in [1.807, 2.05) is 0 Å². The second-order valence-electron chi connectivity index (χ2n) is 3.78. The van der Waals surface area contributed by atoms with Crippen molar-refractivity contribution in [3.63, 3.8) is 0 Å². The van der Waals surface area contributed by atoms with Crippen molar-refractivity contribution in [2.75, 3.05) is 6.61 Å². The topological polar surface area (TPSA) is 46.2 Å². The molecule has 3 N–H and O–H groups in total. The second-order valence-corrected chi connectivity index (χ2v) is 3.78. The van der Waals surface area contributed by atoms with Crippen LogP contribution in [0.4, 0.5) is 13.2 Å². The zero-order valence-corrected chi connectivity index (χ0v) is 8.88. The average molecular weight is 233 g/mol. The molecule has 16 heavy (non-hydrogen) atoms. The molecule has 0 amide bonds. The largest absolute Gasteiger partial charge is 0.396 e. The fourth-order valence-corrected chi connectivity index (χ4v) is 1.66. The van der Waals surface area contributed by atoms with Crippen LogP contribution in [0, 0.1) is 17.5 Å². The summed E-state index contributed by atoms with van der Waals surface area (Å²) < 4.78 is 38.7. The highest BCUT2D eigenvalue weighted by molar-refractivity contribution is 5.24. The van der Waals surface area contributed by atoms with Crippen LogP contribution in [0.3, 0.4) is 0 Å². The van der Waals surface area contributed by atoms with Gasteiger partial charge in [0.1, 0.15) is 0 Å². The molecule has 2 unspecified atom stereocenters. The highest BCUT2D eigenvalue weighted by Gasteiger charge is 2.20. The zero-order chi connectivity index (χ0) is 12.3. The third-order valence-corrected chi connectivity index (χ3v) is 2.51. The van der Waals surface area contributed by atoms with E-state index < -0.39 is 23.4 Å². The summed E-state index contributed by atoms with van der Waals surface area (Å²) in [5.41, 5.74) is 5.91. The highest BCUT2D eigenvalue weighted by Crippen LogP contribution is 2.25. The Labute approximate surface area is 91.9 Å². The second kappa shape index (κ2) is 5.32. The predicted molar refractivity (Wildman–Crippen MR) is 54.4 cm³/mol. The molecule has 0 aliphatic carbocycles. The molecule has 90 valence electrons. The Morgan fingerprint density at radius 2 is 1.75 bits per heavy atom. The first-order chi connectivity index (χ1) is 7.47. The maximum absolute atomic E-state index is 13.0. The van der Waals surface area contributed by atoms with Crippen molar-refractivity contribution in [2.24, 2.45) is 5.73 Å². The van der Waals surface area contributed by atoms with Crippen LogP contribution in [0.5, 0.6) is 0 Å². The maximum Gasteiger partial charge on any atom is 0.194 e. The van der Waals surface area contributed by atoms with Gasteiger partial charge in [0, 0.05) is 18.6 Å². The van der Waals surface area contributed by atoms with Crippen LogP contribution in [-0.2, 0) is 0 Å². The lowest BCUT2D eigenvalue weighted by Gasteiger charge is -2.20. The summed E-state index contributed by atoms with van der Waals surface area (Å²) in [6, 6.07) is 1.46. The van der Waals surface area contributed by atoms with Crippen molar-refractivity contribution >= 4 is 0 Å². The molecule has 5 heteroatoms. The zero-order valence-electron chi connectivity index (χ0n) is 8.88. The maximum atomic E-state index is 13.0. The first-order valence-corrected chi connectivity index (χ1v) is 4.98. The summed E-state index contributed by atoms with van der Waals surface area (Å²) in [6.07, 6.45) is 0.280. The molecule has 0 aromatic heterocycles. The molecule has 1 aromatic rings. The van der Waals surface area contributed by atoms with E-state index >= 15 is 0 Å². The van der Waals surface area contributed by atoms with E-state index in [2.05, 4.69) is 0 Å². The summed E-state index contributed by atoms with van der Waals surface area (Å²) in [7, 11) is 0. The summed E-state index contributed by atoms with van der Waals surface area (Å²) in [5.74, 6) is -4.36. The van der Waals surface area contributed by atoms with Gasteiger partial charge in [0.15, 0.2) is 17.5 Å². The number of aliphatic hydroxyl groups excluding tert-OH is 1. The van der Waals surface area contributed by atoms with Gasteiger partial charge in [0.2, 0.25) is 0 Å². The fraction of sp³-hybridized carbons (Fsp3) is 0.455. The van der Waals surface area contributed by atoms with Gasteiger partial charge < -0.3 is 10.8 Å². The molecule has 0 heterocycles. The third-order valence-electron chi connectivity index (χ3n) is 2.51. The minimum Gasteiger partial charge on any atom is -0.396 e. The van der Waals surface area contributed by atoms with Crippen molar-refractivity contribution < 1.29 is 18.3 Å². The number of hydrogen-bond acceptors (Lipinski definition) is 2. The van der Waals surface area contributed by atoms with Crippen LogP contribution in [0.15, 0.2) is 12.1 Å². The Morgan fingerprint density at radius 1 is 1.25 bits per heavy atom. The Kier molecular flexibility index (Phi) is 4.32. The lowest BCUT2D eigenvalue weighted by molar-refractivity contribution is 0.268. The van der Waals surface area contributed by atoms with Crippen molar-refractivity contribution in [2.45, 2.75) is 25.3 Å². The van der Waals surface area contributed by atoms with Crippen LogP contribution >= 0.6 is 0 Å². The van der Waals surface area contributed by atoms with Crippen LogP contribution < -0.4 is 5.73 Å². The molecule has 0 bridgehead atoms. The summed E-state index contributed by atoms with van der Waals surface area (Å²) in [6.45, 7) is 1.52. The minimum absolute atomic E-state index is 0.146. The van der Waals surface area contributed by atoms with Gasteiger partial charge in [0.05, 0.1) is 0 Å². The monoisotopic (exact) mass is 233 g/mol. The van der Waals surface area contributed by atoms with E-state index in [1.165, 1.54) is 0 Å². The molecule has 2 nitrogen and oxygen atoms in total. The van der Waals surface area contributed by atoms with Gasteiger partial charge in [-0.2, -0.15) is 0 Å². The first kappa shape index (κ1) is 13.0. The Hall–Kier alpha value is -1.07. The molecule has 0 aliphatic rings. The molecule has 0 spiro atoms. The predicted octanol–water partition coefficient (Wildman–Crippen LogP) is 1.92. The summed E-state index contributed by atoms with van der Waals surface area (Å²) >= 11 is 0. The van der Waals surface area contributed by atoms with Crippen LogP contribution in [0.2, 0.25) is 0 Å². The number of nitrogens with two attached hydrogens (primary N) is 1. The van der Waals surface area contributed by atoms with Gasteiger partial charge in [-0.3, -0.25) is 0 Å². The molecule has 1 aromatic carbocycles.